The number of para-hydroxylation sites is 1. The first-order chi connectivity index (χ1) is 9.27. The van der Waals surface area contributed by atoms with Crippen molar-refractivity contribution in [1.82, 2.24) is 0 Å². The topological polar surface area (TPSA) is 29.3 Å². The second-order valence-corrected chi connectivity index (χ2v) is 6.38. The highest BCUT2D eigenvalue weighted by molar-refractivity contribution is 5.63. The Balaban J connectivity index is 2.08. The molecule has 0 amide bonds. The van der Waals surface area contributed by atoms with Crippen LogP contribution in [0.3, 0.4) is 0 Å². The molecule has 3 rings (SSSR count). The maximum atomic E-state index is 6.23. The molecule has 2 nitrogen and oxygen atoms in total. The summed E-state index contributed by atoms with van der Waals surface area (Å²) in [5, 5.41) is 0. The van der Waals surface area contributed by atoms with Crippen LogP contribution in [0, 0.1) is 0 Å². The number of hydrogen-bond acceptors (Lipinski definition) is 2. The summed E-state index contributed by atoms with van der Waals surface area (Å²) < 4.78 is 0. The van der Waals surface area contributed by atoms with Crippen LogP contribution in [0.2, 0.25) is 0 Å². The fourth-order valence-corrected chi connectivity index (χ4v) is 4.10. The summed E-state index contributed by atoms with van der Waals surface area (Å²) in [5.41, 5.74) is 11.0. The largest absolute Gasteiger partial charge is 0.374 e. The van der Waals surface area contributed by atoms with Crippen molar-refractivity contribution in [3.8, 4) is 0 Å². The van der Waals surface area contributed by atoms with Crippen LogP contribution in [-0.2, 0) is 11.8 Å². The standard InChI is InChI=1S/C17H26N2/c1-19-12-6-8-14-7-5-9-15(16(14)19)17(13-18)10-3-2-4-11-17/h5,7,9H,2-4,6,8,10-13,18H2,1H3. The molecule has 1 aromatic rings. The van der Waals surface area contributed by atoms with Gasteiger partial charge in [0.1, 0.15) is 0 Å². The molecule has 1 aliphatic carbocycles. The summed E-state index contributed by atoms with van der Waals surface area (Å²) in [7, 11) is 2.24. The van der Waals surface area contributed by atoms with Gasteiger partial charge in [0, 0.05) is 31.2 Å². The zero-order valence-corrected chi connectivity index (χ0v) is 12.1. The first-order valence-electron chi connectivity index (χ1n) is 7.80. The first-order valence-corrected chi connectivity index (χ1v) is 7.80. The van der Waals surface area contributed by atoms with Gasteiger partial charge in [0.2, 0.25) is 0 Å². The highest BCUT2D eigenvalue weighted by Crippen LogP contribution is 2.44. The fraction of sp³-hybridized carbons (Fsp3) is 0.647. The molecule has 0 saturated heterocycles. The van der Waals surface area contributed by atoms with Crippen molar-refractivity contribution < 1.29 is 0 Å². The van der Waals surface area contributed by atoms with Crippen molar-refractivity contribution in [2.75, 3.05) is 25.0 Å². The average molecular weight is 258 g/mol. The van der Waals surface area contributed by atoms with Gasteiger partial charge in [0.15, 0.2) is 0 Å². The number of benzene rings is 1. The summed E-state index contributed by atoms with van der Waals surface area (Å²) >= 11 is 0. The molecule has 0 unspecified atom stereocenters. The lowest BCUT2D eigenvalue weighted by Crippen LogP contribution is -2.39. The number of anilines is 1. The number of rotatable bonds is 2. The Hall–Kier alpha value is -1.02. The van der Waals surface area contributed by atoms with E-state index in [1.165, 1.54) is 68.3 Å². The Morgan fingerprint density at radius 1 is 1.16 bits per heavy atom. The van der Waals surface area contributed by atoms with E-state index >= 15 is 0 Å². The van der Waals surface area contributed by atoms with Gasteiger partial charge in [0.05, 0.1) is 0 Å². The average Bonchev–Trinajstić information content (AvgIpc) is 2.48. The lowest BCUT2D eigenvalue weighted by molar-refractivity contribution is 0.300. The van der Waals surface area contributed by atoms with Gasteiger partial charge in [-0.2, -0.15) is 0 Å². The molecule has 1 saturated carbocycles. The van der Waals surface area contributed by atoms with E-state index in [0.29, 0.717) is 0 Å². The fourth-order valence-electron chi connectivity index (χ4n) is 4.10. The summed E-state index contributed by atoms with van der Waals surface area (Å²) in [4.78, 5) is 2.46. The van der Waals surface area contributed by atoms with Crippen LogP contribution in [0.4, 0.5) is 5.69 Å². The monoisotopic (exact) mass is 258 g/mol. The minimum atomic E-state index is 0.245. The van der Waals surface area contributed by atoms with Crippen LogP contribution in [0.5, 0.6) is 0 Å². The smallest absolute Gasteiger partial charge is 0.0434 e. The predicted molar refractivity (Wildman–Crippen MR) is 81.9 cm³/mol. The van der Waals surface area contributed by atoms with E-state index in [4.69, 9.17) is 5.73 Å². The van der Waals surface area contributed by atoms with Crippen LogP contribution in [0.25, 0.3) is 0 Å². The van der Waals surface area contributed by atoms with Crippen molar-refractivity contribution in [2.45, 2.75) is 50.4 Å². The third-order valence-electron chi connectivity index (χ3n) is 5.21. The normalized spacial score (nSPS) is 22.1. The van der Waals surface area contributed by atoms with Crippen molar-refractivity contribution >= 4 is 5.69 Å². The van der Waals surface area contributed by atoms with Crippen molar-refractivity contribution in [2.24, 2.45) is 5.73 Å². The predicted octanol–water partition coefficient (Wildman–Crippen LogP) is 3.23. The number of fused-ring (bicyclic) bond motifs is 1. The van der Waals surface area contributed by atoms with E-state index in [1.54, 1.807) is 0 Å². The van der Waals surface area contributed by atoms with Crippen LogP contribution < -0.4 is 10.6 Å². The lowest BCUT2D eigenvalue weighted by Gasteiger charge is -2.41. The SMILES string of the molecule is CN1CCCc2cccc(C3(CN)CCCCC3)c21. The summed E-state index contributed by atoms with van der Waals surface area (Å²) in [6, 6.07) is 6.90. The molecule has 104 valence electrons. The second kappa shape index (κ2) is 5.16. The second-order valence-electron chi connectivity index (χ2n) is 6.38. The Bertz CT molecular complexity index is 447. The van der Waals surface area contributed by atoms with Gasteiger partial charge in [-0.1, -0.05) is 37.5 Å². The van der Waals surface area contributed by atoms with E-state index in [2.05, 4.69) is 30.1 Å². The summed E-state index contributed by atoms with van der Waals surface area (Å²) in [6.45, 7) is 1.99. The van der Waals surface area contributed by atoms with Gasteiger partial charge in [-0.3, -0.25) is 0 Å². The van der Waals surface area contributed by atoms with Crippen LogP contribution >= 0.6 is 0 Å². The van der Waals surface area contributed by atoms with E-state index in [0.717, 1.165) is 6.54 Å². The van der Waals surface area contributed by atoms with Crippen molar-refractivity contribution in [3.63, 3.8) is 0 Å². The molecule has 1 aliphatic heterocycles. The van der Waals surface area contributed by atoms with Gasteiger partial charge >= 0.3 is 0 Å². The Labute approximate surface area is 117 Å². The van der Waals surface area contributed by atoms with Crippen molar-refractivity contribution in [1.29, 1.82) is 0 Å². The number of nitrogens with two attached hydrogens (primary N) is 1. The third kappa shape index (κ3) is 2.16. The molecule has 0 spiro atoms. The molecule has 2 heteroatoms. The lowest BCUT2D eigenvalue weighted by atomic mass is 9.68. The van der Waals surface area contributed by atoms with E-state index in [-0.39, 0.29) is 5.41 Å². The summed E-state index contributed by atoms with van der Waals surface area (Å²) in [5.74, 6) is 0. The molecule has 2 N–H and O–H groups in total. The van der Waals surface area contributed by atoms with Gasteiger partial charge in [-0.05, 0) is 36.8 Å². The highest BCUT2D eigenvalue weighted by atomic mass is 15.1. The van der Waals surface area contributed by atoms with Gasteiger partial charge in [0.25, 0.3) is 0 Å². The molecule has 0 bridgehead atoms. The van der Waals surface area contributed by atoms with Crippen molar-refractivity contribution in [3.05, 3.63) is 29.3 Å². The molecule has 1 fully saturated rings. The molecule has 0 radical (unpaired) electrons. The molecular weight excluding hydrogens is 232 g/mol. The molecule has 1 aromatic carbocycles. The Kier molecular flexibility index (Phi) is 3.53. The first kappa shape index (κ1) is 13.0. The van der Waals surface area contributed by atoms with Crippen LogP contribution in [-0.4, -0.2) is 20.1 Å². The Morgan fingerprint density at radius 3 is 2.68 bits per heavy atom. The Morgan fingerprint density at radius 2 is 1.95 bits per heavy atom. The molecular formula is C17H26N2. The maximum absolute atomic E-state index is 6.23. The molecule has 0 atom stereocenters. The zero-order valence-electron chi connectivity index (χ0n) is 12.1. The number of hydrogen-bond donors (Lipinski definition) is 1. The van der Waals surface area contributed by atoms with E-state index < -0.39 is 0 Å². The molecule has 0 aromatic heterocycles. The number of nitrogens with zero attached hydrogens (tertiary/aromatic N) is 1. The molecule has 1 heterocycles. The number of aryl methyl sites for hydroxylation is 1. The van der Waals surface area contributed by atoms with Gasteiger partial charge in [-0.15, -0.1) is 0 Å². The zero-order chi connectivity index (χ0) is 13.3. The minimum Gasteiger partial charge on any atom is -0.374 e. The maximum Gasteiger partial charge on any atom is 0.0434 e. The van der Waals surface area contributed by atoms with Crippen LogP contribution in [0.15, 0.2) is 18.2 Å². The molecule has 19 heavy (non-hydrogen) atoms. The van der Waals surface area contributed by atoms with Gasteiger partial charge < -0.3 is 10.6 Å². The highest BCUT2D eigenvalue weighted by Gasteiger charge is 2.36. The summed E-state index contributed by atoms with van der Waals surface area (Å²) in [6.07, 6.45) is 9.11. The molecule has 2 aliphatic rings. The minimum absolute atomic E-state index is 0.245. The quantitative estimate of drug-likeness (QED) is 0.882. The van der Waals surface area contributed by atoms with Crippen LogP contribution in [0.1, 0.15) is 49.7 Å². The van der Waals surface area contributed by atoms with Gasteiger partial charge in [-0.25, -0.2) is 0 Å². The van der Waals surface area contributed by atoms with E-state index in [9.17, 15) is 0 Å². The van der Waals surface area contributed by atoms with E-state index in [1.807, 2.05) is 0 Å². The third-order valence-corrected chi connectivity index (χ3v) is 5.21.